The molecule has 0 spiro atoms. The molecule has 0 atom stereocenters. The summed E-state index contributed by atoms with van der Waals surface area (Å²) in [6.07, 6.45) is 0. The molecule has 0 aliphatic heterocycles. The summed E-state index contributed by atoms with van der Waals surface area (Å²) >= 11 is 0. The van der Waals surface area contributed by atoms with Crippen molar-refractivity contribution in [3.63, 3.8) is 0 Å². The van der Waals surface area contributed by atoms with E-state index >= 15 is 0 Å². The summed E-state index contributed by atoms with van der Waals surface area (Å²) in [6, 6.07) is 132. The quantitative estimate of drug-likeness (QED) is 0.0954. The van der Waals surface area contributed by atoms with Gasteiger partial charge in [-0.05, 0) is 230 Å². The zero-order valence-corrected chi connectivity index (χ0v) is 58.9. The van der Waals surface area contributed by atoms with Crippen molar-refractivity contribution in [1.82, 2.24) is 0 Å². The van der Waals surface area contributed by atoms with Gasteiger partial charge in [0, 0.05) is 83.0 Å². The molecule has 2 aromatic heterocycles. The van der Waals surface area contributed by atoms with E-state index in [0.717, 1.165) is 78.7 Å². The van der Waals surface area contributed by atoms with Gasteiger partial charge in [0.1, 0.15) is 22.3 Å². The van der Waals surface area contributed by atoms with Crippen molar-refractivity contribution in [2.24, 2.45) is 0 Å². The molecule has 107 heavy (non-hydrogen) atoms. The molecule has 1 aliphatic rings. The highest BCUT2D eigenvalue weighted by molar-refractivity contribution is 6.41. The highest BCUT2D eigenvalue weighted by Crippen LogP contribution is 2.54. The lowest BCUT2D eigenvalue weighted by atomic mass is 9.82. The largest absolute Gasteiger partial charge is 0.455 e. The van der Waals surface area contributed by atoms with Gasteiger partial charge in [-0.3, -0.25) is 0 Å². The third-order valence-corrected chi connectivity index (χ3v) is 23.1. The third kappa shape index (κ3) is 9.42. The number of nitrogens with zero attached hydrogens (tertiary/aromatic N) is 2. The summed E-state index contributed by atoms with van der Waals surface area (Å²) in [7, 11) is 0. The van der Waals surface area contributed by atoms with Gasteiger partial charge >= 0.3 is 0 Å². The van der Waals surface area contributed by atoms with Gasteiger partial charge in [-0.2, -0.15) is 0 Å². The molecular formula is C103H66N2O2. The van der Waals surface area contributed by atoms with E-state index in [0.29, 0.717) is 0 Å². The first-order chi connectivity index (χ1) is 52.8. The first-order valence-electron chi connectivity index (χ1n) is 37.0. The van der Waals surface area contributed by atoms with Crippen LogP contribution in [0.15, 0.2) is 373 Å². The Kier molecular flexibility index (Phi) is 13.4. The van der Waals surface area contributed by atoms with Crippen LogP contribution in [0, 0.1) is 0 Å². The Labute approximate surface area is 618 Å². The van der Waals surface area contributed by atoms with E-state index in [9.17, 15) is 0 Å². The summed E-state index contributed by atoms with van der Waals surface area (Å²) in [5.74, 6) is 0. The standard InChI is InChI=1S/C53H35NO.C50H31NO/c1-53(2)45-17-7-6-15-41(45)42-26-25-39(31-46(42)53)54(37-13-4-3-5-14-37)38-23-20-32(21-24-38)35-11-8-12-36(30-35)40-27-28-44-43-16-9-10-33-18-19-34-22-29-47-51(49(34)48(33)43)50(44)52(40)55-47;1-3-9-32(10-4-1)33-19-24-40(25-20-33)51(39-14-5-2-6-15-39)41-26-21-34(22-27-41)37-12-7-13-38(31-37)42-28-29-44-43-16-8-11-35-17-18-36-23-30-45-49(47(36)46(35)43)48(44)50(42)52-45/h3-31H,1-2H3;1-31H. The normalized spacial score (nSPS) is 12.7. The Morgan fingerprint density at radius 1 is 0.206 bits per heavy atom. The molecule has 2 heterocycles. The van der Waals surface area contributed by atoms with Crippen molar-refractivity contribution in [3.8, 4) is 66.8 Å². The fourth-order valence-corrected chi connectivity index (χ4v) is 18.1. The molecule has 4 nitrogen and oxygen atoms in total. The van der Waals surface area contributed by atoms with Crippen LogP contribution in [-0.2, 0) is 5.41 Å². The lowest BCUT2D eigenvalue weighted by molar-refractivity contribution is 0.660. The summed E-state index contributed by atoms with van der Waals surface area (Å²) in [6.45, 7) is 4.69. The van der Waals surface area contributed by atoms with Crippen LogP contribution >= 0.6 is 0 Å². The highest BCUT2D eigenvalue weighted by atomic mass is 16.3. The fourth-order valence-electron chi connectivity index (χ4n) is 18.1. The molecular weight excluding hydrogens is 1300 g/mol. The molecule has 1 aliphatic carbocycles. The molecule has 0 unspecified atom stereocenters. The van der Waals surface area contributed by atoms with Gasteiger partial charge in [-0.1, -0.05) is 269 Å². The number of hydrogen-bond donors (Lipinski definition) is 0. The maximum atomic E-state index is 6.79. The Morgan fingerprint density at radius 2 is 0.551 bits per heavy atom. The van der Waals surface area contributed by atoms with Crippen LogP contribution in [0.25, 0.3) is 175 Å². The van der Waals surface area contributed by atoms with Gasteiger partial charge in [0.15, 0.2) is 0 Å². The molecule has 0 saturated carbocycles. The maximum absolute atomic E-state index is 6.79. The minimum Gasteiger partial charge on any atom is -0.455 e. The number of anilines is 6. The van der Waals surface area contributed by atoms with Gasteiger partial charge in [-0.25, -0.2) is 0 Å². The predicted molar refractivity (Wildman–Crippen MR) is 451 cm³/mol. The molecule has 0 saturated heterocycles. The van der Waals surface area contributed by atoms with Crippen LogP contribution in [-0.4, -0.2) is 0 Å². The molecule has 22 aromatic rings. The summed E-state index contributed by atoms with van der Waals surface area (Å²) in [5, 5.41) is 20.3. The minimum absolute atomic E-state index is 0.0742. The second-order valence-corrected chi connectivity index (χ2v) is 29.4. The summed E-state index contributed by atoms with van der Waals surface area (Å²) in [4.78, 5) is 4.69. The van der Waals surface area contributed by atoms with Crippen molar-refractivity contribution in [1.29, 1.82) is 0 Å². The smallest absolute Gasteiger partial charge is 0.143 e. The Hall–Kier alpha value is -13.8. The van der Waals surface area contributed by atoms with Crippen LogP contribution < -0.4 is 9.80 Å². The Balaban J connectivity index is 0.000000133. The number of benzene rings is 20. The number of furan rings is 2. The van der Waals surface area contributed by atoms with Crippen molar-refractivity contribution >= 4 is 143 Å². The number of fused-ring (bicyclic) bond motifs is 5. The summed E-state index contributed by atoms with van der Waals surface area (Å²) < 4.78 is 13.6. The van der Waals surface area contributed by atoms with Crippen LogP contribution in [0.4, 0.5) is 34.1 Å². The van der Waals surface area contributed by atoms with E-state index in [2.05, 4.69) is 388 Å². The van der Waals surface area contributed by atoms with Crippen LogP contribution in [0.1, 0.15) is 25.0 Å². The molecule has 0 amide bonds. The van der Waals surface area contributed by atoms with E-state index < -0.39 is 0 Å². The van der Waals surface area contributed by atoms with Gasteiger partial charge in [0.2, 0.25) is 0 Å². The van der Waals surface area contributed by atoms with E-state index in [-0.39, 0.29) is 5.41 Å². The topological polar surface area (TPSA) is 32.8 Å². The summed E-state index contributed by atoms with van der Waals surface area (Å²) in [5.41, 5.74) is 27.5. The van der Waals surface area contributed by atoms with Crippen LogP contribution in [0.5, 0.6) is 0 Å². The Bertz CT molecular complexity index is 7180. The Morgan fingerprint density at radius 3 is 1.05 bits per heavy atom. The molecule has 0 radical (unpaired) electrons. The second-order valence-electron chi connectivity index (χ2n) is 29.4. The van der Waals surface area contributed by atoms with Gasteiger partial charge in [0.25, 0.3) is 0 Å². The first-order valence-corrected chi connectivity index (χ1v) is 37.0. The average molecular weight is 1360 g/mol. The zero-order valence-electron chi connectivity index (χ0n) is 58.9. The minimum atomic E-state index is -0.0742. The predicted octanol–water partition coefficient (Wildman–Crippen LogP) is 29.4. The zero-order chi connectivity index (χ0) is 70.6. The third-order valence-electron chi connectivity index (χ3n) is 23.1. The molecule has 500 valence electrons. The number of rotatable bonds is 11. The monoisotopic (exact) mass is 1360 g/mol. The van der Waals surface area contributed by atoms with E-state index in [1.807, 2.05) is 0 Å². The molecule has 23 rings (SSSR count). The van der Waals surface area contributed by atoms with E-state index in [4.69, 9.17) is 8.83 Å². The molecule has 0 bridgehead atoms. The molecule has 0 N–H and O–H groups in total. The van der Waals surface area contributed by atoms with E-state index in [1.54, 1.807) is 0 Å². The maximum Gasteiger partial charge on any atom is 0.143 e. The van der Waals surface area contributed by atoms with Crippen molar-refractivity contribution in [2.45, 2.75) is 19.3 Å². The van der Waals surface area contributed by atoms with Crippen LogP contribution in [0.2, 0.25) is 0 Å². The SMILES string of the molecule is CC1(C)c2ccccc2-c2ccc(N(c3ccccc3)c3ccc(-c4cccc(-c5ccc6c7cccc8ccc9ccc%10oc5c6c%10c9c87)c4)cc3)cc21.c1ccc(-c2ccc(N(c3ccccc3)c3ccc(-c4cccc(-c5ccc6c7cccc8ccc9ccc%10oc5c6c%10c9c87)c4)cc3)cc2)cc1. The van der Waals surface area contributed by atoms with Gasteiger partial charge in [0.05, 0.1) is 0 Å². The van der Waals surface area contributed by atoms with Gasteiger partial charge in [-0.15, -0.1) is 0 Å². The van der Waals surface area contributed by atoms with Crippen molar-refractivity contribution < 1.29 is 8.83 Å². The highest BCUT2D eigenvalue weighted by Gasteiger charge is 2.36. The number of para-hydroxylation sites is 2. The van der Waals surface area contributed by atoms with Crippen molar-refractivity contribution in [2.75, 3.05) is 9.80 Å². The lowest BCUT2D eigenvalue weighted by Crippen LogP contribution is -2.16. The number of hydrogen-bond acceptors (Lipinski definition) is 4. The second kappa shape index (κ2) is 23.6. The lowest BCUT2D eigenvalue weighted by Gasteiger charge is -2.28. The van der Waals surface area contributed by atoms with E-state index in [1.165, 1.54) is 142 Å². The van der Waals surface area contributed by atoms with Gasteiger partial charge < -0.3 is 18.6 Å². The average Bonchev–Trinajstić information content (AvgIpc) is 1.66. The van der Waals surface area contributed by atoms with Crippen molar-refractivity contribution in [3.05, 3.63) is 375 Å². The first kappa shape index (κ1) is 60.7. The fraction of sp³-hybridized carbons (Fsp3) is 0.0291. The van der Waals surface area contributed by atoms with Crippen LogP contribution in [0.3, 0.4) is 0 Å². The molecule has 4 heteroatoms. The molecule has 20 aromatic carbocycles. The molecule has 0 fully saturated rings.